The van der Waals surface area contributed by atoms with E-state index in [1.807, 2.05) is 51.1 Å². The zero-order valence-corrected chi connectivity index (χ0v) is 16.5. The lowest BCUT2D eigenvalue weighted by molar-refractivity contribution is 0.0528. The molecule has 1 aromatic heterocycles. The normalized spacial score (nSPS) is 11.0. The quantitative estimate of drug-likeness (QED) is 0.591. The second-order valence-electron chi connectivity index (χ2n) is 6.80. The number of benzene rings is 1. The number of ether oxygens (including phenoxy) is 1. The number of aromatic nitrogens is 3. The van der Waals surface area contributed by atoms with Crippen LogP contribution in [0.2, 0.25) is 5.28 Å². The summed E-state index contributed by atoms with van der Waals surface area (Å²) in [5, 5.41) is 8.99. The van der Waals surface area contributed by atoms with E-state index in [4.69, 9.17) is 16.3 Å². The average Bonchev–Trinajstić information content (AvgIpc) is 2.59. The van der Waals surface area contributed by atoms with Crippen LogP contribution in [0, 0.1) is 0 Å². The number of alkyl carbamates (subject to hydrolysis) is 1. The maximum Gasteiger partial charge on any atom is 0.407 e. The summed E-state index contributed by atoms with van der Waals surface area (Å²) in [6, 6.07) is 9.91. The van der Waals surface area contributed by atoms with Crippen LogP contribution in [0.5, 0.6) is 0 Å². The Kier molecular flexibility index (Phi) is 7.60. The van der Waals surface area contributed by atoms with E-state index < -0.39 is 11.7 Å². The van der Waals surface area contributed by atoms with Crippen molar-refractivity contribution in [1.82, 2.24) is 20.3 Å². The highest BCUT2D eigenvalue weighted by Gasteiger charge is 2.15. The van der Waals surface area contributed by atoms with E-state index in [9.17, 15) is 4.79 Å². The largest absolute Gasteiger partial charge is 0.444 e. The Bertz CT molecular complexity index is 736. The zero-order valence-electron chi connectivity index (χ0n) is 15.8. The molecule has 0 saturated carbocycles. The number of carbonyl (C=O) groups is 1. The van der Waals surface area contributed by atoms with Crippen molar-refractivity contribution in [2.24, 2.45) is 0 Å². The van der Waals surface area contributed by atoms with Crippen LogP contribution in [0.15, 0.2) is 30.3 Å². The fourth-order valence-corrected chi connectivity index (χ4v) is 2.24. The summed E-state index contributed by atoms with van der Waals surface area (Å²) in [5.41, 5.74) is 0.601. The lowest BCUT2D eigenvalue weighted by Crippen LogP contribution is -2.33. The van der Waals surface area contributed by atoms with Crippen LogP contribution in [0.1, 0.15) is 32.8 Å². The summed E-state index contributed by atoms with van der Waals surface area (Å²) in [4.78, 5) is 24.0. The molecule has 3 N–H and O–H groups in total. The molecular weight excluding hydrogens is 368 g/mol. The molecule has 0 aliphatic carbocycles. The van der Waals surface area contributed by atoms with Gasteiger partial charge in [0.2, 0.25) is 17.2 Å². The van der Waals surface area contributed by atoms with E-state index in [0.717, 1.165) is 5.56 Å². The van der Waals surface area contributed by atoms with Crippen LogP contribution in [-0.2, 0) is 11.3 Å². The van der Waals surface area contributed by atoms with E-state index >= 15 is 0 Å². The first-order valence-electron chi connectivity index (χ1n) is 8.72. The second-order valence-corrected chi connectivity index (χ2v) is 7.14. The standard InChI is InChI=1S/C18H25ClN6O2/c1-18(2,3)27-17(26)21-11-7-10-20-15-23-14(19)24-16(25-15)22-12-13-8-5-4-6-9-13/h4-6,8-9H,7,10-12H2,1-3H3,(H,21,26)(H2,20,22,23,24,25). The monoisotopic (exact) mass is 392 g/mol. The molecule has 0 fully saturated rings. The first-order valence-corrected chi connectivity index (χ1v) is 9.10. The fraction of sp³-hybridized carbons (Fsp3) is 0.444. The van der Waals surface area contributed by atoms with Crippen molar-refractivity contribution in [2.45, 2.75) is 39.3 Å². The molecule has 0 aliphatic heterocycles. The molecule has 0 saturated heterocycles. The van der Waals surface area contributed by atoms with Gasteiger partial charge in [-0.3, -0.25) is 0 Å². The first kappa shape index (κ1) is 20.7. The van der Waals surface area contributed by atoms with Gasteiger partial charge in [0.25, 0.3) is 0 Å². The van der Waals surface area contributed by atoms with Gasteiger partial charge in [-0.2, -0.15) is 15.0 Å². The number of hydrogen-bond acceptors (Lipinski definition) is 7. The molecule has 0 bridgehead atoms. The molecule has 2 rings (SSSR count). The van der Waals surface area contributed by atoms with Gasteiger partial charge in [0.1, 0.15) is 5.60 Å². The van der Waals surface area contributed by atoms with Gasteiger partial charge >= 0.3 is 6.09 Å². The van der Waals surface area contributed by atoms with Gasteiger partial charge in [-0.25, -0.2) is 4.79 Å². The zero-order chi connectivity index (χ0) is 19.7. The molecule has 27 heavy (non-hydrogen) atoms. The third kappa shape index (κ3) is 8.54. The highest BCUT2D eigenvalue weighted by Crippen LogP contribution is 2.11. The van der Waals surface area contributed by atoms with Crippen LogP contribution in [0.25, 0.3) is 0 Å². The Hall–Kier alpha value is -2.61. The molecule has 0 spiro atoms. The predicted molar refractivity (Wildman–Crippen MR) is 106 cm³/mol. The van der Waals surface area contributed by atoms with Gasteiger partial charge in [0.15, 0.2) is 0 Å². The number of amides is 1. The predicted octanol–water partition coefficient (Wildman–Crippen LogP) is 3.46. The number of nitrogens with zero attached hydrogens (tertiary/aromatic N) is 3. The topological polar surface area (TPSA) is 101 Å². The van der Waals surface area contributed by atoms with Gasteiger partial charge in [-0.15, -0.1) is 0 Å². The molecule has 0 aliphatic rings. The highest BCUT2D eigenvalue weighted by molar-refractivity contribution is 6.28. The lowest BCUT2D eigenvalue weighted by Gasteiger charge is -2.19. The minimum absolute atomic E-state index is 0.106. The smallest absolute Gasteiger partial charge is 0.407 e. The molecule has 0 atom stereocenters. The molecule has 0 radical (unpaired) electrons. The number of halogens is 1. The SMILES string of the molecule is CC(C)(C)OC(=O)NCCCNc1nc(Cl)nc(NCc2ccccc2)n1. The maximum absolute atomic E-state index is 11.6. The van der Waals surface area contributed by atoms with Crippen LogP contribution >= 0.6 is 11.6 Å². The highest BCUT2D eigenvalue weighted by atomic mass is 35.5. The summed E-state index contributed by atoms with van der Waals surface area (Å²) in [6.07, 6.45) is 0.244. The van der Waals surface area contributed by atoms with Crippen molar-refractivity contribution < 1.29 is 9.53 Å². The third-order valence-electron chi connectivity index (χ3n) is 3.21. The van der Waals surface area contributed by atoms with Crippen molar-refractivity contribution in [2.75, 3.05) is 23.7 Å². The van der Waals surface area contributed by atoms with Gasteiger partial charge in [-0.1, -0.05) is 30.3 Å². The number of rotatable bonds is 8. The number of nitrogens with one attached hydrogen (secondary N) is 3. The average molecular weight is 393 g/mol. The Morgan fingerprint density at radius 1 is 1.04 bits per heavy atom. The van der Waals surface area contributed by atoms with Crippen LogP contribution < -0.4 is 16.0 Å². The molecule has 1 heterocycles. The molecule has 2 aromatic rings. The van der Waals surface area contributed by atoms with Gasteiger partial charge in [-0.05, 0) is 44.4 Å². The second kappa shape index (κ2) is 9.91. The van der Waals surface area contributed by atoms with E-state index in [0.29, 0.717) is 38.0 Å². The molecule has 0 unspecified atom stereocenters. The maximum atomic E-state index is 11.6. The first-order chi connectivity index (χ1) is 12.8. The third-order valence-corrected chi connectivity index (χ3v) is 3.38. The van der Waals surface area contributed by atoms with Crippen LogP contribution in [0.3, 0.4) is 0 Å². The van der Waals surface area contributed by atoms with Gasteiger partial charge in [0, 0.05) is 19.6 Å². The lowest BCUT2D eigenvalue weighted by atomic mass is 10.2. The summed E-state index contributed by atoms with van der Waals surface area (Å²) in [5.74, 6) is 0.774. The molecule has 1 amide bonds. The summed E-state index contributed by atoms with van der Waals surface area (Å²) < 4.78 is 5.17. The van der Waals surface area contributed by atoms with Gasteiger partial charge < -0.3 is 20.7 Å². The minimum atomic E-state index is -0.507. The van der Waals surface area contributed by atoms with Crippen LogP contribution in [0.4, 0.5) is 16.7 Å². The molecular formula is C18H25ClN6O2. The van der Waals surface area contributed by atoms with E-state index in [-0.39, 0.29) is 5.28 Å². The number of carbonyl (C=O) groups excluding carboxylic acids is 1. The van der Waals surface area contributed by atoms with Crippen molar-refractivity contribution in [3.8, 4) is 0 Å². The summed E-state index contributed by atoms with van der Waals surface area (Å²) in [6.45, 7) is 7.08. The Morgan fingerprint density at radius 2 is 1.70 bits per heavy atom. The minimum Gasteiger partial charge on any atom is -0.444 e. The van der Waals surface area contributed by atoms with Crippen molar-refractivity contribution in [3.05, 3.63) is 41.2 Å². The molecule has 146 valence electrons. The summed E-state index contributed by atoms with van der Waals surface area (Å²) in [7, 11) is 0. The Balaban J connectivity index is 1.74. The van der Waals surface area contributed by atoms with Crippen molar-refractivity contribution in [1.29, 1.82) is 0 Å². The van der Waals surface area contributed by atoms with Crippen molar-refractivity contribution in [3.63, 3.8) is 0 Å². The van der Waals surface area contributed by atoms with E-state index in [2.05, 4.69) is 30.9 Å². The molecule has 1 aromatic carbocycles. The van der Waals surface area contributed by atoms with E-state index in [1.54, 1.807) is 0 Å². The van der Waals surface area contributed by atoms with Gasteiger partial charge in [0.05, 0.1) is 0 Å². The van der Waals surface area contributed by atoms with E-state index in [1.165, 1.54) is 0 Å². The summed E-state index contributed by atoms with van der Waals surface area (Å²) >= 11 is 5.96. The Labute approximate surface area is 164 Å². The molecule has 8 nitrogen and oxygen atoms in total. The van der Waals surface area contributed by atoms with Crippen LogP contribution in [-0.4, -0.2) is 39.7 Å². The number of hydrogen-bond donors (Lipinski definition) is 3. The fourth-order valence-electron chi connectivity index (χ4n) is 2.08. The molecule has 9 heteroatoms. The number of anilines is 2. The Morgan fingerprint density at radius 3 is 2.37 bits per heavy atom. The van der Waals surface area contributed by atoms with Crippen molar-refractivity contribution >= 4 is 29.6 Å².